The summed E-state index contributed by atoms with van der Waals surface area (Å²) >= 11 is 0. The molecule has 6 heteroatoms. The molecule has 1 aliphatic rings. The Balaban J connectivity index is 2.28. The number of hydrogen-bond donors (Lipinski definition) is 2. The first-order valence-electron chi connectivity index (χ1n) is 4.93. The molecule has 6 nitrogen and oxygen atoms in total. The summed E-state index contributed by atoms with van der Waals surface area (Å²) in [5.74, 6) is -1.07. The highest BCUT2D eigenvalue weighted by Gasteiger charge is 2.21. The van der Waals surface area contributed by atoms with E-state index < -0.39 is 12.1 Å². The fourth-order valence-corrected chi connectivity index (χ4v) is 1.48. The van der Waals surface area contributed by atoms with Gasteiger partial charge in [-0.05, 0) is 12.8 Å². The van der Waals surface area contributed by atoms with E-state index in [0.717, 1.165) is 25.9 Å². The van der Waals surface area contributed by atoms with Crippen molar-refractivity contribution in [2.45, 2.75) is 18.9 Å². The molecule has 0 bridgehead atoms. The van der Waals surface area contributed by atoms with E-state index in [9.17, 15) is 9.59 Å². The third-order valence-corrected chi connectivity index (χ3v) is 2.39. The standard InChI is InChI=1S/C9H16N2O4/c1-15-7(8(12)13)6-10-9(14)11-4-2-3-5-11/h7H,2-6H2,1H3,(H,10,14)(H,12,13). The maximum absolute atomic E-state index is 11.5. The number of aliphatic carboxylic acids is 1. The zero-order valence-corrected chi connectivity index (χ0v) is 8.73. The van der Waals surface area contributed by atoms with E-state index in [2.05, 4.69) is 5.32 Å². The zero-order chi connectivity index (χ0) is 11.3. The lowest BCUT2D eigenvalue weighted by molar-refractivity contribution is -0.148. The lowest BCUT2D eigenvalue weighted by atomic mass is 10.3. The second kappa shape index (κ2) is 5.55. The van der Waals surface area contributed by atoms with Crippen LogP contribution >= 0.6 is 0 Å². The lowest BCUT2D eigenvalue weighted by Crippen LogP contribution is -2.43. The summed E-state index contributed by atoms with van der Waals surface area (Å²) in [6.07, 6.45) is 1.05. The van der Waals surface area contributed by atoms with Crippen LogP contribution in [0.4, 0.5) is 4.79 Å². The smallest absolute Gasteiger partial charge is 0.334 e. The molecule has 15 heavy (non-hydrogen) atoms. The number of carbonyl (C=O) groups excluding carboxylic acids is 1. The summed E-state index contributed by atoms with van der Waals surface area (Å²) in [6, 6.07) is -0.212. The number of rotatable bonds is 4. The first-order chi connectivity index (χ1) is 7.15. The molecular formula is C9H16N2O4. The van der Waals surface area contributed by atoms with E-state index in [0.29, 0.717) is 0 Å². The number of methoxy groups -OCH3 is 1. The SMILES string of the molecule is COC(CNC(=O)N1CCCC1)C(=O)O. The van der Waals surface area contributed by atoms with Crippen LogP contribution in [0.25, 0.3) is 0 Å². The first-order valence-corrected chi connectivity index (χ1v) is 4.93. The van der Waals surface area contributed by atoms with Gasteiger partial charge in [0.2, 0.25) is 0 Å². The van der Waals surface area contributed by atoms with Crippen molar-refractivity contribution < 1.29 is 19.4 Å². The number of hydrogen-bond acceptors (Lipinski definition) is 3. The second-order valence-corrected chi connectivity index (χ2v) is 3.44. The molecule has 0 aromatic carbocycles. The van der Waals surface area contributed by atoms with Gasteiger partial charge >= 0.3 is 12.0 Å². The number of urea groups is 1. The third-order valence-electron chi connectivity index (χ3n) is 2.39. The van der Waals surface area contributed by atoms with Gasteiger partial charge in [-0.15, -0.1) is 0 Å². The highest BCUT2D eigenvalue weighted by atomic mass is 16.5. The number of likely N-dealkylation sites (tertiary alicyclic amines) is 1. The number of carboxylic acids is 1. The van der Waals surface area contributed by atoms with Gasteiger partial charge in [0.15, 0.2) is 6.10 Å². The summed E-state index contributed by atoms with van der Waals surface area (Å²) in [7, 11) is 1.31. The average molecular weight is 216 g/mol. The Morgan fingerprint density at radius 1 is 1.47 bits per heavy atom. The molecule has 1 unspecified atom stereocenters. The van der Waals surface area contributed by atoms with Crippen LogP contribution in [-0.2, 0) is 9.53 Å². The van der Waals surface area contributed by atoms with E-state index in [1.807, 2.05) is 0 Å². The molecular weight excluding hydrogens is 200 g/mol. The molecule has 0 saturated carbocycles. The minimum Gasteiger partial charge on any atom is -0.479 e. The van der Waals surface area contributed by atoms with Gasteiger partial charge < -0.3 is 20.1 Å². The third kappa shape index (κ3) is 3.39. The topological polar surface area (TPSA) is 78.9 Å². The average Bonchev–Trinajstić information content (AvgIpc) is 2.70. The van der Waals surface area contributed by atoms with Crippen LogP contribution in [0.5, 0.6) is 0 Å². The predicted octanol–water partition coefficient (Wildman–Crippen LogP) is -0.109. The zero-order valence-electron chi connectivity index (χ0n) is 8.73. The second-order valence-electron chi connectivity index (χ2n) is 3.44. The van der Waals surface area contributed by atoms with Crippen LogP contribution < -0.4 is 5.32 Å². The van der Waals surface area contributed by atoms with Crippen LogP contribution in [0.1, 0.15) is 12.8 Å². The quantitative estimate of drug-likeness (QED) is 0.687. The lowest BCUT2D eigenvalue weighted by Gasteiger charge is -2.18. The molecule has 1 saturated heterocycles. The molecule has 0 aliphatic carbocycles. The number of carbonyl (C=O) groups is 2. The highest BCUT2D eigenvalue weighted by Crippen LogP contribution is 2.06. The molecule has 0 spiro atoms. The Kier molecular flexibility index (Phi) is 4.36. The van der Waals surface area contributed by atoms with Crippen molar-refractivity contribution >= 4 is 12.0 Å². The Bertz CT molecular complexity index is 238. The minimum atomic E-state index is -1.07. The normalized spacial score (nSPS) is 17.5. The first kappa shape index (κ1) is 11.8. The van der Waals surface area contributed by atoms with Crippen molar-refractivity contribution in [3.8, 4) is 0 Å². The van der Waals surface area contributed by atoms with Gasteiger partial charge in [0.25, 0.3) is 0 Å². The number of nitrogens with zero attached hydrogens (tertiary/aromatic N) is 1. The van der Waals surface area contributed by atoms with E-state index in [1.54, 1.807) is 4.90 Å². The number of amides is 2. The Hall–Kier alpha value is -1.30. The largest absolute Gasteiger partial charge is 0.479 e. The summed E-state index contributed by atoms with van der Waals surface area (Å²) < 4.78 is 4.69. The molecule has 0 aromatic heterocycles. The van der Waals surface area contributed by atoms with Gasteiger partial charge in [-0.3, -0.25) is 0 Å². The Morgan fingerprint density at radius 2 is 2.07 bits per heavy atom. The van der Waals surface area contributed by atoms with Crippen molar-refractivity contribution in [2.75, 3.05) is 26.7 Å². The molecule has 86 valence electrons. The van der Waals surface area contributed by atoms with Gasteiger partial charge in [-0.2, -0.15) is 0 Å². The van der Waals surface area contributed by atoms with Crippen LogP contribution in [0.2, 0.25) is 0 Å². The number of carboxylic acid groups (broad SMARTS) is 1. The van der Waals surface area contributed by atoms with Crippen LogP contribution in [0, 0.1) is 0 Å². The monoisotopic (exact) mass is 216 g/mol. The molecule has 1 rings (SSSR count). The molecule has 2 N–H and O–H groups in total. The van der Waals surface area contributed by atoms with E-state index in [-0.39, 0.29) is 12.6 Å². The summed E-state index contributed by atoms with van der Waals surface area (Å²) in [4.78, 5) is 23.7. The highest BCUT2D eigenvalue weighted by molar-refractivity contribution is 5.77. The number of ether oxygens (including phenoxy) is 1. The Morgan fingerprint density at radius 3 is 2.53 bits per heavy atom. The fraction of sp³-hybridized carbons (Fsp3) is 0.778. The molecule has 1 fully saturated rings. The summed E-state index contributed by atoms with van der Waals surface area (Å²) in [5.41, 5.74) is 0. The van der Waals surface area contributed by atoms with Crippen molar-refractivity contribution in [1.82, 2.24) is 10.2 Å². The maximum Gasteiger partial charge on any atom is 0.334 e. The number of nitrogens with one attached hydrogen (secondary N) is 1. The molecule has 1 aliphatic heterocycles. The van der Waals surface area contributed by atoms with Crippen molar-refractivity contribution in [3.63, 3.8) is 0 Å². The molecule has 1 heterocycles. The molecule has 0 aromatic rings. The summed E-state index contributed by atoms with van der Waals surface area (Å²) in [6.45, 7) is 1.49. The Labute approximate surface area is 88.2 Å². The van der Waals surface area contributed by atoms with E-state index >= 15 is 0 Å². The van der Waals surface area contributed by atoms with Gasteiger partial charge in [0, 0.05) is 20.2 Å². The van der Waals surface area contributed by atoms with Crippen molar-refractivity contribution in [2.24, 2.45) is 0 Å². The minimum absolute atomic E-state index is 0.00116. The van der Waals surface area contributed by atoms with Crippen molar-refractivity contribution in [3.05, 3.63) is 0 Å². The molecule has 1 atom stereocenters. The fourth-order valence-electron chi connectivity index (χ4n) is 1.48. The molecule has 2 amide bonds. The van der Waals surface area contributed by atoms with Crippen LogP contribution in [0.3, 0.4) is 0 Å². The van der Waals surface area contributed by atoms with Crippen LogP contribution in [0.15, 0.2) is 0 Å². The van der Waals surface area contributed by atoms with E-state index in [4.69, 9.17) is 9.84 Å². The molecule has 0 radical (unpaired) electrons. The van der Waals surface area contributed by atoms with Crippen LogP contribution in [-0.4, -0.2) is 54.9 Å². The van der Waals surface area contributed by atoms with E-state index in [1.165, 1.54) is 7.11 Å². The van der Waals surface area contributed by atoms with Crippen molar-refractivity contribution in [1.29, 1.82) is 0 Å². The summed E-state index contributed by atoms with van der Waals surface area (Å²) in [5, 5.41) is 11.2. The van der Waals surface area contributed by atoms with Gasteiger partial charge in [0.05, 0.1) is 6.54 Å². The predicted molar refractivity (Wildman–Crippen MR) is 52.6 cm³/mol. The van der Waals surface area contributed by atoms with Gasteiger partial charge in [-0.25, -0.2) is 9.59 Å². The van der Waals surface area contributed by atoms with Gasteiger partial charge in [-0.1, -0.05) is 0 Å². The van der Waals surface area contributed by atoms with Gasteiger partial charge in [0.1, 0.15) is 0 Å². The maximum atomic E-state index is 11.5.